The number of carbonyl (C=O) groups excluding carboxylic acids is 1. The molecule has 0 fully saturated rings. The van der Waals surface area contributed by atoms with Gasteiger partial charge in [-0.25, -0.2) is 9.79 Å². The summed E-state index contributed by atoms with van der Waals surface area (Å²) in [6.07, 6.45) is 1.41. The van der Waals surface area contributed by atoms with E-state index >= 15 is 0 Å². The summed E-state index contributed by atoms with van der Waals surface area (Å²) in [5, 5.41) is 11.0. The van der Waals surface area contributed by atoms with Crippen molar-refractivity contribution in [2.45, 2.75) is 26.8 Å². The maximum Gasteiger partial charge on any atom is 0.433 e. The average Bonchev–Trinajstić information content (AvgIpc) is 3.43. The van der Waals surface area contributed by atoms with Crippen LogP contribution in [0.2, 0.25) is 0 Å². The molecule has 3 aromatic rings. The lowest BCUT2D eigenvalue weighted by molar-refractivity contribution is -0.402. The predicted molar refractivity (Wildman–Crippen MR) is 130 cm³/mol. The van der Waals surface area contributed by atoms with Crippen molar-refractivity contribution >= 4 is 29.3 Å². The Morgan fingerprint density at radius 2 is 2.06 bits per heavy atom. The number of para-hydroxylation sites is 1. The van der Waals surface area contributed by atoms with Gasteiger partial charge in [0.2, 0.25) is 0 Å². The van der Waals surface area contributed by atoms with E-state index in [4.69, 9.17) is 18.6 Å². The summed E-state index contributed by atoms with van der Waals surface area (Å²) >= 11 is 1.07. The zero-order valence-electron chi connectivity index (χ0n) is 20.0. The molecule has 0 saturated carbocycles. The quantitative estimate of drug-likeness (QED) is 0.255. The lowest BCUT2D eigenvalue weighted by Gasteiger charge is -2.26. The van der Waals surface area contributed by atoms with E-state index in [0.717, 1.165) is 11.3 Å². The zero-order valence-corrected chi connectivity index (χ0v) is 20.8. The molecule has 1 unspecified atom stereocenters. The minimum Gasteiger partial charge on any atom is -0.493 e. The van der Waals surface area contributed by atoms with Gasteiger partial charge in [0.05, 0.1) is 42.2 Å². The van der Waals surface area contributed by atoms with Crippen molar-refractivity contribution in [1.82, 2.24) is 4.57 Å². The van der Waals surface area contributed by atoms with Gasteiger partial charge in [-0.1, -0.05) is 23.5 Å². The number of benzene rings is 1. The molecule has 2 aromatic heterocycles. The fourth-order valence-corrected chi connectivity index (χ4v) is 4.97. The van der Waals surface area contributed by atoms with Crippen LogP contribution in [-0.2, 0) is 9.53 Å². The van der Waals surface area contributed by atoms with Crippen LogP contribution in [0, 0.1) is 10.1 Å². The summed E-state index contributed by atoms with van der Waals surface area (Å²) in [4.78, 5) is 41.9. The Labute approximate surface area is 208 Å². The SMILES string of the molecule is CCOC(=O)C1=C(C)N=c2sc(=Cc3ccc([N+](=O)[O-])o3)c(=O)n2C1c1cccc(OC)c1OCC. The van der Waals surface area contributed by atoms with Gasteiger partial charge in [-0.15, -0.1) is 0 Å². The molecule has 12 heteroatoms. The van der Waals surface area contributed by atoms with Crippen molar-refractivity contribution in [3.05, 3.63) is 82.7 Å². The molecule has 0 aliphatic carbocycles. The molecule has 1 atom stereocenters. The van der Waals surface area contributed by atoms with Gasteiger partial charge in [-0.05, 0) is 32.9 Å². The van der Waals surface area contributed by atoms with E-state index in [1.54, 1.807) is 32.0 Å². The van der Waals surface area contributed by atoms with Crippen LogP contribution in [0.15, 0.2) is 55.8 Å². The first-order valence-electron chi connectivity index (χ1n) is 11.0. The van der Waals surface area contributed by atoms with Crippen LogP contribution in [0.1, 0.15) is 38.1 Å². The Morgan fingerprint density at radius 3 is 2.69 bits per heavy atom. The van der Waals surface area contributed by atoms with E-state index in [1.165, 1.54) is 29.9 Å². The number of allylic oxidation sites excluding steroid dienone is 1. The van der Waals surface area contributed by atoms with Gasteiger partial charge < -0.3 is 18.6 Å². The topological polar surface area (TPSA) is 135 Å². The molecule has 0 bridgehead atoms. The summed E-state index contributed by atoms with van der Waals surface area (Å²) in [6.45, 7) is 5.64. The lowest BCUT2D eigenvalue weighted by Crippen LogP contribution is -2.40. The summed E-state index contributed by atoms with van der Waals surface area (Å²) in [6, 6.07) is 6.92. The number of nitro groups is 1. The van der Waals surface area contributed by atoms with Crippen LogP contribution in [0.3, 0.4) is 0 Å². The third kappa shape index (κ3) is 4.42. The zero-order chi connectivity index (χ0) is 26.0. The minimum absolute atomic E-state index is 0.139. The molecule has 0 spiro atoms. The molecule has 0 amide bonds. The first-order chi connectivity index (χ1) is 17.3. The summed E-state index contributed by atoms with van der Waals surface area (Å²) in [7, 11) is 1.50. The Kier molecular flexibility index (Phi) is 7.06. The number of rotatable bonds is 8. The van der Waals surface area contributed by atoms with Crippen LogP contribution in [-0.4, -0.2) is 35.8 Å². The highest BCUT2D eigenvalue weighted by atomic mass is 32.1. The van der Waals surface area contributed by atoms with E-state index in [2.05, 4.69) is 4.99 Å². The molecule has 1 aliphatic heterocycles. The van der Waals surface area contributed by atoms with E-state index in [0.29, 0.717) is 34.2 Å². The molecule has 0 N–H and O–H groups in total. The number of fused-ring (bicyclic) bond motifs is 1. The van der Waals surface area contributed by atoms with Gasteiger partial charge in [0.1, 0.15) is 16.7 Å². The Hall–Kier alpha value is -4.19. The summed E-state index contributed by atoms with van der Waals surface area (Å²) in [5.74, 6) is -0.0752. The number of furan rings is 1. The maximum absolute atomic E-state index is 13.7. The molecule has 4 rings (SSSR count). The monoisotopic (exact) mass is 513 g/mol. The molecule has 3 heterocycles. The first kappa shape index (κ1) is 24.9. The Morgan fingerprint density at radius 1 is 1.28 bits per heavy atom. The molecular formula is C24H23N3O8S. The standard InChI is InChI=1S/C24H23N3O8S/c1-5-33-21-15(8-7-9-16(21)32-4)20-19(23(29)34-6-2)13(3)25-24-26(20)22(28)17(36-24)12-14-10-11-18(35-14)27(30)31/h7-12,20H,5-6H2,1-4H3. The molecule has 36 heavy (non-hydrogen) atoms. The van der Waals surface area contributed by atoms with E-state index in [1.807, 2.05) is 6.92 Å². The summed E-state index contributed by atoms with van der Waals surface area (Å²) < 4.78 is 23.5. The summed E-state index contributed by atoms with van der Waals surface area (Å²) in [5.41, 5.74) is 0.654. The van der Waals surface area contributed by atoms with Gasteiger partial charge in [0.15, 0.2) is 16.3 Å². The van der Waals surface area contributed by atoms with Gasteiger partial charge in [-0.3, -0.25) is 19.5 Å². The van der Waals surface area contributed by atoms with Crippen LogP contribution in [0.25, 0.3) is 6.08 Å². The highest BCUT2D eigenvalue weighted by molar-refractivity contribution is 7.07. The van der Waals surface area contributed by atoms with Crippen LogP contribution in [0.4, 0.5) is 5.88 Å². The number of aromatic nitrogens is 1. The second-order valence-corrected chi connectivity index (χ2v) is 8.56. The fourth-order valence-electron chi connectivity index (χ4n) is 3.94. The van der Waals surface area contributed by atoms with Crippen molar-refractivity contribution in [2.24, 2.45) is 4.99 Å². The van der Waals surface area contributed by atoms with Crippen molar-refractivity contribution in [2.75, 3.05) is 20.3 Å². The third-order valence-electron chi connectivity index (χ3n) is 5.40. The molecule has 1 aromatic carbocycles. The largest absolute Gasteiger partial charge is 0.493 e. The van der Waals surface area contributed by atoms with Gasteiger partial charge in [-0.2, -0.15) is 0 Å². The number of hydrogen-bond acceptors (Lipinski definition) is 10. The fraction of sp³-hybridized carbons (Fsp3) is 0.292. The van der Waals surface area contributed by atoms with Crippen molar-refractivity contribution in [3.63, 3.8) is 0 Å². The highest BCUT2D eigenvalue weighted by Gasteiger charge is 2.36. The van der Waals surface area contributed by atoms with Gasteiger partial charge >= 0.3 is 11.9 Å². The Balaban J connectivity index is 2.00. The minimum atomic E-state index is -0.912. The Bertz CT molecular complexity index is 1550. The highest BCUT2D eigenvalue weighted by Crippen LogP contribution is 2.40. The third-order valence-corrected chi connectivity index (χ3v) is 6.38. The molecule has 188 valence electrons. The second kappa shape index (κ2) is 10.2. The predicted octanol–water partition coefficient (Wildman–Crippen LogP) is 2.71. The van der Waals surface area contributed by atoms with Gasteiger partial charge in [0.25, 0.3) is 5.56 Å². The van der Waals surface area contributed by atoms with Crippen molar-refractivity contribution in [1.29, 1.82) is 0 Å². The number of hydrogen-bond donors (Lipinski definition) is 0. The number of esters is 1. The number of carbonyl (C=O) groups is 1. The number of methoxy groups -OCH3 is 1. The lowest BCUT2D eigenvalue weighted by atomic mass is 9.94. The maximum atomic E-state index is 13.7. The van der Waals surface area contributed by atoms with Crippen LogP contribution < -0.4 is 24.4 Å². The second-order valence-electron chi connectivity index (χ2n) is 7.55. The van der Waals surface area contributed by atoms with Crippen LogP contribution in [0.5, 0.6) is 11.5 Å². The molecule has 0 saturated heterocycles. The number of ether oxygens (including phenoxy) is 3. The molecule has 0 radical (unpaired) electrons. The molecular weight excluding hydrogens is 490 g/mol. The van der Waals surface area contributed by atoms with Crippen LogP contribution >= 0.6 is 11.3 Å². The smallest absolute Gasteiger partial charge is 0.433 e. The number of thiazole rings is 1. The molecule has 11 nitrogen and oxygen atoms in total. The first-order valence-corrected chi connectivity index (χ1v) is 11.9. The van der Waals surface area contributed by atoms with Crippen molar-refractivity contribution in [3.8, 4) is 11.5 Å². The normalized spacial score (nSPS) is 15.3. The average molecular weight is 514 g/mol. The van der Waals surface area contributed by atoms with E-state index in [-0.39, 0.29) is 22.5 Å². The molecule has 1 aliphatic rings. The van der Waals surface area contributed by atoms with E-state index in [9.17, 15) is 19.7 Å². The van der Waals surface area contributed by atoms with E-state index < -0.39 is 28.4 Å². The van der Waals surface area contributed by atoms with Gasteiger partial charge in [0, 0.05) is 11.6 Å². The number of nitrogens with zero attached hydrogens (tertiary/aromatic N) is 3. The van der Waals surface area contributed by atoms with Crippen molar-refractivity contribution < 1.29 is 28.3 Å².